The van der Waals surface area contributed by atoms with E-state index in [1.54, 1.807) is 11.1 Å². The molecular weight excluding hydrogens is 194 g/mol. The number of nitrogens with one attached hydrogen (secondary N) is 1. The van der Waals surface area contributed by atoms with Crippen LogP contribution >= 0.6 is 0 Å². The van der Waals surface area contributed by atoms with Crippen molar-refractivity contribution < 1.29 is 0 Å². The van der Waals surface area contributed by atoms with E-state index in [2.05, 4.69) is 23.5 Å². The summed E-state index contributed by atoms with van der Waals surface area (Å²) in [6.45, 7) is 0. The molecule has 0 spiro atoms. The lowest BCUT2D eigenvalue weighted by atomic mass is 9.95. The predicted octanol–water partition coefficient (Wildman–Crippen LogP) is 3.92. The van der Waals surface area contributed by atoms with Gasteiger partial charge >= 0.3 is 0 Å². The Morgan fingerprint density at radius 2 is 1.81 bits per heavy atom. The molecule has 0 heterocycles. The van der Waals surface area contributed by atoms with Crippen LogP contribution in [0.3, 0.4) is 0 Å². The van der Waals surface area contributed by atoms with Gasteiger partial charge in [0.15, 0.2) is 0 Å². The van der Waals surface area contributed by atoms with Crippen LogP contribution in [-0.2, 0) is 12.8 Å². The molecule has 1 aromatic carbocycles. The molecule has 0 amide bonds. The van der Waals surface area contributed by atoms with Crippen LogP contribution in [0.25, 0.3) is 0 Å². The molecule has 2 aliphatic rings. The van der Waals surface area contributed by atoms with Crippen molar-refractivity contribution in [2.75, 3.05) is 5.32 Å². The highest BCUT2D eigenvalue weighted by atomic mass is 14.9. The van der Waals surface area contributed by atoms with Gasteiger partial charge in [0.1, 0.15) is 0 Å². The maximum absolute atomic E-state index is 3.78. The molecule has 0 aromatic heterocycles. The summed E-state index contributed by atoms with van der Waals surface area (Å²) in [6, 6.07) is 7.53. The molecule has 1 N–H and O–H groups in total. The maximum atomic E-state index is 3.78. The zero-order valence-electron chi connectivity index (χ0n) is 9.97. The van der Waals surface area contributed by atoms with E-state index in [0.717, 1.165) is 6.04 Å². The Bertz CT molecular complexity index is 364. The Morgan fingerprint density at radius 1 is 0.938 bits per heavy atom. The quantitative estimate of drug-likeness (QED) is 0.788. The summed E-state index contributed by atoms with van der Waals surface area (Å²) < 4.78 is 0. The smallest absolute Gasteiger partial charge is 0.0377 e. The molecule has 0 radical (unpaired) electrons. The molecule has 0 atom stereocenters. The standard InChI is InChI=1S/C15H21N/c1-2-8-13(9-3-1)16-15-11-5-7-12-6-4-10-14(12)15/h5,7,11,13,16H,1-4,6,8-10H2. The zero-order chi connectivity index (χ0) is 10.8. The second-order valence-electron chi connectivity index (χ2n) is 5.28. The van der Waals surface area contributed by atoms with Crippen LogP contribution < -0.4 is 5.32 Å². The monoisotopic (exact) mass is 215 g/mol. The van der Waals surface area contributed by atoms with Crippen LogP contribution in [0.15, 0.2) is 18.2 Å². The van der Waals surface area contributed by atoms with E-state index in [4.69, 9.17) is 0 Å². The lowest BCUT2D eigenvalue weighted by Crippen LogP contribution is -2.22. The van der Waals surface area contributed by atoms with Crippen molar-refractivity contribution in [3.63, 3.8) is 0 Å². The summed E-state index contributed by atoms with van der Waals surface area (Å²) >= 11 is 0. The van der Waals surface area contributed by atoms with E-state index in [-0.39, 0.29) is 0 Å². The van der Waals surface area contributed by atoms with Gasteiger partial charge in [0, 0.05) is 11.7 Å². The minimum atomic E-state index is 0.737. The summed E-state index contributed by atoms with van der Waals surface area (Å²) in [6.07, 6.45) is 10.9. The van der Waals surface area contributed by atoms with Crippen molar-refractivity contribution in [1.29, 1.82) is 0 Å². The van der Waals surface area contributed by atoms with E-state index < -0.39 is 0 Å². The normalized spacial score (nSPS) is 20.8. The fourth-order valence-electron chi connectivity index (χ4n) is 3.22. The molecule has 1 nitrogen and oxygen atoms in total. The number of rotatable bonds is 2. The van der Waals surface area contributed by atoms with E-state index in [1.165, 1.54) is 57.1 Å². The Kier molecular flexibility index (Phi) is 2.86. The van der Waals surface area contributed by atoms with E-state index in [0.29, 0.717) is 0 Å². The van der Waals surface area contributed by atoms with Crippen LogP contribution in [0.2, 0.25) is 0 Å². The molecule has 0 unspecified atom stereocenters. The summed E-state index contributed by atoms with van der Waals surface area (Å²) in [7, 11) is 0. The van der Waals surface area contributed by atoms with Crippen molar-refractivity contribution in [2.24, 2.45) is 0 Å². The lowest BCUT2D eigenvalue weighted by molar-refractivity contribution is 0.462. The number of fused-ring (bicyclic) bond motifs is 1. The number of hydrogen-bond donors (Lipinski definition) is 1. The first-order chi connectivity index (χ1) is 7.93. The number of benzene rings is 1. The molecule has 1 aromatic rings. The molecule has 16 heavy (non-hydrogen) atoms. The Hall–Kier alpha value is -0.980. The summed E-state index contributed by atoms with van der Waals surface area (Å²) in [5.41, 5.74) is 4.62. The van der Waals surface area contributed by atoms with Gasteiger partial charge in [-0.05, 0) is 49.3 Å². The number of aryl methyl sites for hydroxylation is 1. The van der Waals surface area contributed by atoms with Crippen LogP contribution in [0, 0.1) is 0 Å². The second-order valence-corrected chi connectivity index (χ2v) is 5.28. The summed E-state index contributed by atoms with van der Waals surface area (Å²) in [4.78, 5) is 0. The van der Waals surface area contributed by atoms with E-state index >= 15 is 0 Å². The molecule has 0 bridgehead atoms. The van der Waals surface area contributed by atoms with Crippen molar-refractivity contribution in [1.82, 2.24) is 0 Å². The fourth-order valence-corrected chi connectivity index (χ4v) is 3.22. The highest BCUT2D eigenvalue weighted by molar-refractivity contribution is 5.57. The van der Waals surface area contributed by atoms with Gasteiger partial charge in [-0.25, -0.2) is 0 Å². The first-order valence-corrected chi connectivity index (χ1v) is 6.81. The van der Waals surface area contributed by atoms with E-state index in [9.17, 15) is 0 Å². The Morgan fingerprint density at radius 3 is 2.69 bits per heavy atom. The van der Waals surface area contributed by atoms with Gasteiger partial charge in [0.05, 0.1) is 0 Å². The molecule has 2 aliphatic carbocycles. The minimum Gasteiger partial charge on any atom is -0.382 e. The van der Waals surface area contributed by atoms with Gasteiger partial charge in [-0.15, -0.1) is 0 Å². The van der Waals surface area contributed by atoms with Crippen LogP contribution in [-0.4, -0.2) is 6.04 Å². The first-order valence-electron chi connectivity index (χ1n) is 6.81. The van der Waals surface area contributed by atoms with Gasteiger partial charge in [-0.3, -0.25) is 0 Å². The van der Waals surface area contributed by atoms with Gasteiger partial charge in [-0.1, -0.05) is 31.4 Å². The third kappa shape index (κ3) is 1.95. The van der Waals surface area contributed by atoms with Gasteiger partial charge in [0.2, 0.25) is 0 Å². The fraction of sp³-hybridized carbons (Fsp3) is 0.600. The summed E-state index contributed by atoms with van der Waals surface area (Å²) in [5.74, 6) is 0. The first kappa shape index (κ1) is 10.2. The summed E-state index contributed by atoms with van der Waals surface area (Å²) in [5, 5.41) is 3.78. The van der Waals surface area contributed by atoms with E-state index in [1.807, 2.05) is 0 Å². The Balaban J connectivity index is 1.76. The van der Waals surface area contributed by atoms with Crippen LogP contribution in [0.1, 0.15) is 49.7 Å². The average molecular weight is 215 g/mol. The molecular formula is C15H21N. The van der Waals surface area contributed by atoms with Gasteiger partial charge < -0.3 is 5.32 Å². The topological polar surface area (TPSA) is 12.0 Å². The van der Waals surface area contributed by atoms with Crippen LogP contribution in [0.5, 0.6) is 0 Å². The van der Waals surface area contributed by atoms with Crippen molar-refractivity contribution >= 4 is 5.69 Å². The van der Waals surface area contributed by atoms with Gasteiger partial charge in [-0.2, -0.15) is 0 Å². The number of anilines is 1. The number of hydrogen-bond acceptors (Lipinski definition) is 1. The minimum absolute atomic E-state index is 0.737. The third-order valence-corrected chi connectivity index (χ3v) is 4.11. The average Bonchev–Trinajstić information content (AvgIpc) is 2.80. The third-order valence-electron chi connectivity index (χ3n) is 4.11. The predicted molar refractivity (Wildman–Crippen MR) is 69.0 cm³/mol. The largest absolute Gasteiger partial charge is 0.382 e. The molecule has 3 rings (SSSR count). The molecule has 1 heteroatoms. The van der Waals surface area contributed by atoms with Crippen molar-refractivity contribution in [3.05, 3.63) is 29.3 Å². The highest BCUT2D eigenvalue weighted by Gasteiger charge is 2.18. The van der Waals surface area contributed by atoms with Crippen molar-refractivity contribution in [2.45, 2.75) is 57.4 Å². The molecule has 0 saturated heterocycles. The molecule has 1 fully saturated rings. The highest BCUT2D eigenvalue weighted by Crippen LogP contribution is 2.30. The second kappa shape index (κ2) is 4.48. The Labute approximate surface area is 98.3 Å². The zero-order valence-corrected chi connectivity index (χ0v) is 9.97. The molecule has 86 valence electrons. The lowest BCUT2D eigenvalue weighted by Gasteiger charge is -2.25. The molecule has 0 aliphatic heterocycles. The molecule has 1 saturated carbocycles. The van der Waals surface area contributed by atoms with Crippen molar-refractivity contribution in [3.8, 4) is 0 Å². The SMILES string of the molecule is c1cc2c(c(NC3CCCCC3)c1)CCC2. The maximum Gasteiger partial charge on any atom is 0.0377 e. The van der Waals surface area contributed by atoms with Gasteiger partial charge in [0.25, 0.3) is 0 Å². The van der Waals surface area contributed by atoms with Crippen LogP contribution in [0.4, 0.5) is 5.69 Å².